The number of aryl methyl sites for hydroxylation is 1. The Labute approximate surface area is 160 Å². The third kappa shape index (κ3) is 3.27. The van der Waals surface area contributed by atoms with E-state index >= 15 is 0 Å². The van der Waals surface area contributed by atoms with Gasteiger partial charge in [-0.15, -0.1) is 11.8 Å². The molecule has 26 heavy (non-hydrogen) atoms. The maximum absolute atomic E-state index is 13.2. The molecule has 4 nitrogen and oxygen atoms in total. The van der Waals surface area contributed by atoms with Gasteiger partial charge in [-0.05, 0) is 17.7 Å². The molecular formula is C20H18N2O2S2. The summed E-state index contributed by atoms with van der Waals surface area (Å²) in [5.41, 5.74) is 2.85. The highest BCUT2D eigenvalue weighted by Gasteiger charge is 2.23. The molecule has 0 saturated heterocycles. The molecular weight excluding hydrogens is 364 g/mol. The predicted molar refractivity (Wildman–Crippen MR) is 107 cm³/mol. The van der Waals surface area contributed by atoms with Crippen LogP contribution in [0.15, 0.2) is 69.4 Å². The second-order valence-corrected chi connectivity index (χ2v) is 7.90. The van der Waals surface area contributed by atoms with E-state index < -0.39 is 0 Å². The van der Waals surface area contributed by atoms with Crippen molar-refractivity contribution in [1.82, 2.24) is 9.55 Å². The Bertz CT molecular complexity index is 987. The zero-order chi connectivity index (χ0) is 17.9. The number of benzene rings is 2. The number of fused-ring (bicyclic) bond motifs is 1. The van der Waals surface area contributed by atoms with E-state index in [0.29, 0.717) is 10.9 Å². The van der Waals surface area contributed by atoms with Crippen molar-refractivity contribution < 1.29 is 4.74 Å². The second-order valence-electron chi connectivity index (χ2n) is 5.86. The topological polar surface area (TPSA) is 44.1 Å². The molecule has 6 heteroatoms. The number of hydrogen-bond acceptors (Lipinski definition) is 5. The summed E-state index contributed by atoms with van der Waals surface area (Å²) in [7, 11) is 1.62. The van der Waals surface area contributed by atoms with E-state index in [-0.39, 0.29) is 5.56 Å². The summed E-state index contributed by atoms with van der Waals surface area (Å²) in [6.07, 6.45) is 0.848. The van der Waals surface area contributed by atoms with Gasteiger partial charge in [0.25, 0.3) is 5.56 Å². The largest absolute Gasteiger partial charge is 0.495 e. The van der Waals surface area contributed by atoms with Crippen molar-refractivity contribution in [2.24, 2.45) is 0 Å². The Morgan fingerprint density at radius 1 is 1.15 bits per heavy atom. The molecule has 2 aromatic carbocycles. The van der Waals surface area contributed by atoms with Gasteiger partial charge in [-0.3, -0.25) is 9.36 Å². The number of para-hydroxylation sites is 2. The molecule has 0 fully saturated rings. The first-order valence-corrected chi connectivity index (χ1v) is 10.3. The minimum Gasteiger partial charge on any atom is -0.495 e. The number of aromatic nitrogens is 2. The summed E-state index contributed by atoms with van der Waals surface area (Å²) in [5.74, 6) is 2.34. The summed E-state index contributed by atoms with van der Waals surface area (Å²) in [6.45, 7) is 0. The lowest BCUT2D eigenvalue weighted by Gasteiger charge is -2.16. The normalized spacial score (nSPS) is 12.8. The van der Waals surface area contributed by atoms with Crippen molar-refractivity contribution in [2.75, 3.05) is 12.9 Å². The van der Waals surface area contributed by atoms with Crippen molar-refractivity contribution in [3.63, 3.8) is 0 Å². The summed E-state index contributed by atoms with van der Waals surface area (Å²) in [6, 6.07) is 17.8. The lowest BCUT2D eigenvalue weighted by Crippen LogP contribution is -2.24. The molecule has 0 bridgehead atoms. The average molecular weight is 383 g/mol. The van der Waals surface area contributed by atoms with Crippen LogP contribution in [0, 0.1) is 0 Å². The maximum atomic E-state index is 13.2. The first kappa shape index (κ1) is 17.2. The molecule has 3 aromatic rings. The first-order chi connectivity index (χ1) is 12.8. The van der Waals surface area contributed by atoms with Crippen molar-refractivity contribution in [3.05, 3.63) is 76.2 Å². The third-order valence-electron chi connectivity index (χ3n) is 4.20. The van der Waals surface area contributed by atoms with Crippen molar-refractivity contribution in [3.8, 4) is 11.4 Å². The third-order valence-corrected chi connectivity index (χ3v) is 6.32. The molecule has 0 unspecified atom stereocenters. The monoisotopic (exact) mass is 382 g/mol. The van der Waals surface area contributed by atoms with Crippen LogP contribution >= 0.6 is 23.5 Å². The SMILES string of the molecule is COc1ccccc1-n1c(SCc2ccccc2)nc2c(c1=O)SCC2. The number of rotatable bonds is 5. The van der Waals surface area contributed by atoms with Crippen molar-refractivity contribution in [1.29, 1.82) is 0 Å². The van der Waals surface area contributed by atoms with Gasteiger partial charge in [0.05, 0.1) is 23.4 Å². The van der Waals surface area contributed by atoms with Crippen LogP contribution in [0.3, 0.4) is 0 Å². The van der Waals surface area contributed by atoms with Crippen LogP contribution in [0.1, 0.15) is 11.3 Å². The van der Waals surface area contributed by atoms with Crippen LogP contribution < -0.4 is 10.3 Å². The fraction of sp³-hybridized carbons (Fsp3) is 0.200. The average Bonchev–Trinajstić information content (AvgIpc) is 3.16. The summed E-state index contributed by atoms with van der Waals surface area (Å²) < 4.78 is 7.19. The Morgan fingerprint density at radius 3 is 2.73 bits per heavy atom. The molecule has 0 spiro atoms. The van der Waals surface area contributed by atoms with E-state index in [1.165, 1.54) is 5.56 Å². The van der Waals surface area contributed by atoms with Crippen molar-refractivity contribution in [2.45, 2.75) is 22.2 Å². The molecule has 0 amide bonds. The standard InChI is InChI=1S/C20H18N2O2S2/c1-24-17-10-6-5-9-16(17)22-19(23)18-15(11-12-25-18)21-20(22)26-13-14-7-3-2-4-8-14/h2-10H,11-13H2,1H3. The van der Waals surface area contributed by atoms with Gasteiger partial charge in [0, 0.05) is 17.9 Å². The Kier molecular flexibility index (Phi) is 5.04. The predicted octanol–water partition coefficient (Wildman–Crippen LogP) is 4.18. The number of ether oxygens (including phenoxy) is 1. The molecule has 0 atom stereocenters. The zero-order valence-electron chi connectivity index (χ0n) is 14.3. The van der Waals surface area contributed by atoms with E-state index in [0.717, 1.165) is 34.2 Å². The van der Waals surface area contributed by atoms with Crippen LogP contribution in [0.25, 0.3) is 5.69 Å². The van der Waals surface area contributed by atoms with E-state index in [4.69, 9.17) is 9.72 Å². The van der Waals surface area contributed by atoms with Crippen LogP contribution in [0.5, 0.6) is 5.75 Å². The van der Waals surface area contributed by atoms with Gasteiger partial charge in [-0.1, -0.05) is 54.2 Å². The number of nitrogens with zero attached hydrogens (tertiary/aromatic N) is 2. The minimum absolute atomic E-state index is 0.00226. The fourth-order valence-corrected chi connectivity index (χ4v) is 4.94. The summed E-state index contributed by atoms with van der Waals surface area (Å²) in [5, 5.41) is 0.713. The Morgan fingerprint density at radius 2 is 1.92 bits per heavy atom. The Hall–Kier alpha value is -2.18. The number of methoxy groups -OCH3 is 1. The molecule has 132 valence electrons. The highest BCUT2D eigenvalue weighted by molar-refractivity contribution is 7.99. The lowest BCUT2D eigenvalue weighted by atomic mass is 10.2. The first-order valence-electron chi connectivity index (χ1n) is 8.37. The van der Waals surface area contributed by atoms with Gasteiger partial charge < -0.3 is 4.74 Å². The Balaban J connectivity index is 1.82. The smallest absolute Gasteiger partial charge is 0.272 e. The molecule has 0 saturated carbocycles. The second kappa shape index (κ2) is 7.60. The molecule has 1 aliphatic heterocycles. The molecule has 1 aliphatic rings. The summed E-state index contributed by atoms with van der Waals surface area (Å²) in [4.78, 5) is 18.8. The van der Waals surface area contributed by atoms with E-state index in [2.05, 4.69) is 12.1 Å². The van der Waals surface area contributed by atoms with Gasteiger partial charge in [-0.2, -0.15) is 0 Å². The molecule has 4 rings (SSSR count). The minimum atomic E-state index is -0.00226. The quantitative estimate of drug-likeness (QED) is 0.489. The van der Waals surface area contributed by atoms with Gasteiger partial charge in [0.15, 0.2) is 5.16 Å². The molecule has 0 aliphatic carbocycles. The van der Waals surface area contributed by atoms with Gasteiger partial charge >= 0.3 is 0 Å². The van der Waals surface area contributed by atoms with E-state index in [9.17, 15) is 4.79 Å². The van der Waals surface area contributed by atoms with Gasteiger partial charge in [0.2, 0.25) is 0 Å². The van der Waals surface area contributed by atoms with Crippen LogP contribution in [-0.4, -0.2) is 22.4 Å². The maximum Gasteiger partial charge on any atom is 0.272 e. The van der Waals surface area contributed by atoms with Gasteiger partial charge in [0.1, 0.15) is 5.75 Å². The van der Waals surface area contributed by atoms with Crippen LogP contribution in [0.2, 0.25) is 0 Å². The molecule has 1 aromatic heterocycles. The number of thioether (sulfide) groups is 2. The fourth-order valence-electron chi connectivity index (χ4n) is 2.94. The van der Waals surface area contributed by atoms with E-state index in [1.807, 2.05) is 42.5 Å². The van der Waals surface area contributed by atoms with E-state index in [1.54, 1.807) is 35.2 Å². The number of hydrogen-bond donors (Lipinski definition) is 0. The zero-order valence-corrected chi connectivity index (χ0v) is 16.0. The van der Waals surface area contributed by atoms with Crippen molar-refractivity contribution >= 4 is 23.5 Å². The molecule has 2 heterocycles. The lowest BCUT2D eigenvalue weighted by molar-refractivity contribution is 0.411. The summed E-state index contributed by atoms with van der Waals surface area (Å²) >= 11 is 3.18. The van der Waals surface area contributed by atoms with Gasteiger partial charge in [-0.25, -0.2) is 4.98 Å². The van der Waals surface area contributed by atoms with Crippen LogP contribution in [-0.2, 0) is 12.2 Å². The molecule has 0 radical (unpaired) electrons. The molecule has 0 N–H and O–H groups in total. The highest BCUT2D eigenvalue weighted by atomic mass is 32.2. The highest BCUT2D eigenvalue weighted by Crippen LogP contribution is 2.32. The van der Waals surface area contributed by atoms with Crippen LogP contribution in [0.4, 0.5) is 0 Å².